The average molecular weight is 528 g/mol. The van der Waals surface area contributed by atoms with E-state index in [9.17, 15) is 13.2 Å². The predicted octanol–water partition coefficient (Wildman–Crippen LogP) is 8.51. The van der Waals surface area contributed by atoms with Crippen LogP contribution in [0.3, 0.4) is 0 Å². The van der Waals surface area contributed by atoms with Gasteiger partial charge in [-0.3, -0.25) is 0 Å². The summed E-state index contributed by atoms with van der Waals surface area (Å²) in [4.78, 5) is 3.27. The Morgan fingerprint density at radius 1 is 0.923 bits per heavy atom. The zero-order chi connectivity index (χ0) is 27.1. The van der Waals surface area contributed by atoms with Gasteiger partial charge in [0, 0.05) is 28.2 Å². The molecule has 3 aromatic carbocycles. The molecule has 200 valence electrons. The predicted molar refractivity (Wildman–Crippen MR) is 150 cm³/mol. The van der Waals surface area contributed by atoms with Crippen LogP contribution in [0.2, 0.25) is 0 Å². The molecule has 39 heavy (non-hydrogen) atoms. The first-order chi connectivity index (χ1) is 18.9. The summed E-state index contributed by atoms with van der Waals surface area (Å²) in [5, 5.41) is 6.33. The van der Waals surface area contributed by atoms with E-state index in [1.54, 1.807) is 12.1 Å². The van der Waals surface area contributed by atoms with Gasteiger partial charge in [0.15, 0.2) is 0 Å². The van der Waals surface area contributed by atoms with Crippen LogP contribution < -0.4 is 0 Å². The topological polar surface area (TPSA) is 33.6 Å². The van der Waals surface area contributed by atoms with E-state index in [0.717, 1.165) is 59.2 Å². The molecule has 3 nitrogen and oxygen atoms in total. The van der Waals surface area contributed by atoms with E-state index in [1.807, 2.05) is 6.20 Å². The molecule has 0 saturated carbocycles. The molecule has 2 aromatic heterocycles. The number of H-pyrrole nitrogens is 1. The molecular formula is C33H32F3N3. The maximum absolute atomic E-state index is 13.7. The number of aromatic nitrogens is 3. The Bertz CT molecular complexity index is 1620. The van der Waals surface area contributed by atoms with Gasteiger partial charge in [0.25, 0.3) is 0 Å². The van der Waals surface area contributed by atoms with Gasteiger partial charge >= 0.3 is 6.18 Å². The average Bonchev–Trinajstić information content (AvgIpc) is 3.56. The third kappa shape index (κ3) is 4.66. The molecule has 0 aliphatic heterocycles. The van der Waals surface area contributed by atoms with Crippen molar-refractivity contribution in [2.24, 2.45) is 5.92 Å². The molecule has 0 spiro atoms. The van der Waals surface area contributed by atoms with Crippen molar-refractivity contribution in [1.82, 2.24) is 14.8 Å². The summed E-state index contributed by atoms with van der Waals surface area (Å²) in [5.41, 5.74) is 8.94. The first-order valence-corrected chi connectivity index (χ1v) is 13.8. The Hall–Kier alpha value is -3.80. The van der Waals surface area contributed by atoms with Crippen LogP contribution in [0.15, 0.2) is 72.9 Å². The number of hydrogen-bond donors (Lipinski definition) is 1. The molecule has 5 aromatic rings. The van der Waals surface area contributed by atoms with Crippen LogP contribution in [0.1, 0.15) is 53.8 Å². The second-order valence-electron chi connectivity index (χ2n) is 10.6. The fraction of sp³-hybridized carbons (Fsp3) is 0.303. The zero-order valence-electron chi connectivity index (χ0n) is 22.3. The summed E-state index contributed by atoms with van der Waals surface area (Å²) in [7, 11) is 0. The highest BCUT2D eigenvalue weighted by molar-refractivity contribution is 5.85. The van der Waals surface area contributed by atoms with E-state index in [2.05, 4.69) is 66.0 Å². The molecule has 1 aliphatic carbocycles. The molecule has 0 fully saturated rings. The van der Waals surface area contributed by atoms with Crippen LogP contribution in [0.5, 0.6) is 0 Å². The number of hydrogen-bond acceptors (Lipinski definition) is 1. The Kier molecular flexibility index (Phi) is 6.57. The fourth-order valence-corrected chi connectivity index (χ4v) is 6.25. The minimum Gasteiger partial charge on any atom is -0.361 e. The summed E-state index contributed by atoms with van der Waals surface area (Å²) < 4.78 is 43.4. The highest BCUT2D eigenvalue weighted by atomic mass is 19.4. The van der Waals surface area contributed by atoms with E-state index in [-0.39, 0.29) is 5.92 Å². The molecule has 2 heterocycles. The molecular weight excluding hydrogens is 495 g/mol. The SMILES string of the molecule is CCc1cccc(CC)c1-n1nc2c(c1-c1ccc3[nH]ccc3c1)CC(Cc1ccccc1C(F)(F)F)CC2. The van der Waals surface area contributed by atoms with Crippen molar-refractivity contribution >= 4 is 10.9 Å². The van der Waals surface area contributed by atoms with E-state index in [4.69, 9.17) is 5.10 Å². The van der Waals surface area contributed by atoms with E-state index in [1.165, 1.54) is 28.8 Å². The molecule has 0 amide bonds. The highest BCUT2D eigenvalue weighted by Crippen LogP contribution is 2.40. The molecule has 1 aliphatic rings. The van der Waals surface area contributed by atoms with Crippen molar-refractivity contribution in [1.29, 1.82) is 0 Å². The van der Waals surface area contributed by atoms with Gasteiger partial charge in [-0.05, 0) is 85.4 Å². The van der Waals surface area contributed by atoms with Crippen molar-refractivity contribution in [3.63, 3.8) is 0 Å². The first-order valence-electron chi connectivity index (χ1n) is 13.8. The lowest BCUT2D eigenvalue weighted by Crippen LogP contribution is -2.18. The summed E-state index contributed by atoms with van der Waals surface area (Å²) in [6.45, 7) is 4.34. The molecule has 0 saturated heterocycles. The first kappa shape index (κ1) is 25.5. The van der Waals surface area contributed by atoms with Crippen LogP contribution in [0.4, 0.5) is 13.2 Å². The number of aryl methyl sites for hydroxylation is 3. The third-order valence-corrected chi connectivity index (χ3v) is 8.18. The number of benzene rings is 3. The number of alkyl halides is 3. The number of nitrogens with zero attached hydrogens (tertiary/aromatic N) is 2. The van der Waals surface area contributed by atoms with Crippen molar-refractivity contribution in [3.8, 4) is 16.9 Å². The number of para-hydroxylation sites is 1. The lowest BCUT2D eigenvalue weighted by Gasteiger charge is -2.24. The number of rotatable bonds is 6. The van der Waals surface area contributed by atoms with Gasteiger partial charge in [-0.2, -0.15) is 18.3 Å². The number of fused-ring (bicyclic) bond motifs is 2. The van der Waals surface area contributed by atoms with Crippen LogP contribution in [0.25, 0.3) is 27.8 Å². The summed E-state index contributed by atoms with van der Waals surface area (Å²) in [6, 6.07) is 21.0. The smallest absolute Gasteiger partial charge is 0.361 e. The quantitative estimate of drug-likeness (QED) is 0.236. The number of halogens is 3. The minimum absolute atomic E-state index is 0.112. The number of aromatic amines is 1. The maximum Gasteiger partial charge on any atom is 0.416 e. The number of nitrogens with one attached hydrogen (secondary N) is 1. The minimum atomic E-state index is -4.35. The van der Waals surface area contributed by atoms with Crippen LogP contribution >= 0.6 is 0 Å². The van der Waals surface area contributed by atoms with Crippen LogP contribution in [-0.4, -0.2) is 14.8 Å². The Balaban J connectivity index is 1.49. The van der Waals surface area contributed by atoms with Gasteiger partial charge in [0.2, 0.25) is 0 Å². The summed E-state index contributed by atoms with van der Waals surface area (Å²) >= 11 is 0. The molecule has 1 atom stereocenters. The highest BCUT2D eigenvalue weighted by Gasteiger charge is 2.35. The molecule has 1 N–H and O–H groups in total. The lowest BCUT2D eigenvalue weighted by atomic mass is 9.81. The zero-order valence-corrected chi connectivity index (χ0v) is 22.3. The monoisotopic (exact) mass is 527 g/mol. The van der Waals surface area contributed by atoms with Crippen LogP contribution in [0, 0.1) is 5.92 Å². The normalized spacial score (nSPS) is 15.6. The second-order valence-corrected chi connectivity index (χ2v) is 10.6. The van der Waals surface area contributed by atoms with Gasteiger partial charge < -0.3 is 4.98 Å². The van der Waals surface area contributed by atoms with Gasteiger partial charge in [-0.1, -0.05) is 56.3 Å². The van der Waals surface area contributed by atoms with Crippen molar-refractivity contribution in [2.45, 2.75) is 58.5 Å². The van der Waals surface area contributed by atoms with Gasteiger partial charge in [-0.25, -0.2) is 4.68 Å². The second kappa shape index (κ2) is 10.1. The van der Waals surface area contributed by atoms with E-state index >= 15 is 0 Å². The third-order valence-electron chi connectivity index (χ3n) is 8.18. The molecule has 6 heteroatoms. The van der Waals surface area contributed by atoms with Crippen molar-refractivity contribution in [3.05, 3.63) is 106 Å². The fourth-order valence-electron chi connectivity index (χ4n) is 6.25. The van der Waals surface area contributed by atoms with E-state index < -0.39 is 11.7 Å². The Labute approximate surface area is 226 Å². The standard InChI is InChI=1S/C33H32F3N3/c1-3-22-9-7-10-23(4-2)31(22)39-32(26-13-15-29-25(20-26)16-17-37-29)27-19-21(12-14-30(27)38-39)18-24-8-5-6-11-28(24)33(34,35)36/h5-11,13,15-17,20-21,37H,3-4,12,14,18-19H2,1-2H3. The Morgan fingerprint density at radius 3 is 2.41 bits per heavy atom. The van der Waals surface area contributed by atoms with E-state index in [0.29, 0.717) is 18.4 Å². The molecule has 0 radical (unpaired) electrons. The maximum atomic E-state index is 13.7. The lowest BCUT2D eigenvalue weighted by molar-refractivity contribution is -0.138. The largest absolute Gasteiger partial charge is 0.416 e. The van der Waals surface area contributed by atoms with Crippen molar-refractivity contribution < 1.29 is 13.2 Å². The summed E-state index contributed by atoms with van der Waals surface area (Å²) in [5.74, 6) is 0.112. The van der Waals surface area contributed by atoms with Gasteiger partial charge in [0.1, 0.15) is 0 Å². The summed E-state index contributed by atoms with van der Waals surface area (Å²) in [6.07, 6.45) is 2.07. The van der Waals surface area contributed by atoms with Gasteiger partial charge in [-0.15, -0.1) is 0 Å². The van der Waals surface area contributed by atoms with Crippen molar-refractivity contribution in [2.75, 3.05) is 0 Å². The molecule has 1 unspecified atom stereocenters. The van der Waals surface area contributed by atoms with Gasteiger partial charge in [0.05, 0.1) is 22.6 Å². The van der Waals surface area contributed by atoms with Crippen LogP contribution in [-0.2, 0) is 38.3 Å². The molecule has 0 bridgehead atoms. The Morgan fingerprint density at radius 2 is 1.67 bits per heavy atom. The molecule has 6 rings (SSSR count).